The Labute approximate surface area is 120 Å². The molecule has 4 heteroatoms. The van der Waals surface area contributed by atoms with E-state index in [-0.39, 0.29) is 11.8 Å². The van der Waals surface area contributed by atoms with E-state index in [9.17, 15) is 4.79 Å². The first-order chi connectivity index (χ1) is 9.18. The maximum atomic E-state index is 11.8. The first kappa shape index (κ1) is 14.5. The van der Waals surface area contributed by atoms with Crippen LogP contribution in [0.5, 0.6) is 0 Å². The van der Waals surface area contributed by atoms with E-state index in [0.29, 0.717) is 6.04 Å². The molecule has 0 unspecified atom stereocenters. The summed E-state index contributed by atoms with van der Waals surface area (Å²) in [6.45, 7) is 6.92. The number of amides is 1. The van der Waals surface area contributed by atoms with Crippen molar-refractivity contribution in [2.45, 2.75) is 39.2 Å². The van der Waals surface area contributed by atoms with Gasteiger partial charge < -0.3 is 5.32 Å². The summed E-state index contributed by atoms with van der Waals surface area (Å²) in [5.74, 6) is 0.212. The molecule has 1 aliphatic rings. The van der Waals surface area contributed by atoms with Crippen LogP contribution in [0.2, 0.25) is 0 Å². The summed E-state index contributed by atoms with van der Waals surface area (Å²) in [4.78, 5) is 15.7. The van der Waals surface area contributed by atoms with Gasteiger partial charge in [-0.15, -0.1) is 11.3 Å². The molecule has 0 bridgehead atoms. The monoisotopic (exact) mass is 280 g/mol. The molecule has 1 aromatic rings. The topological polar surface area (TPSA) is 32.3 Å². The molecular formula is C15H24N2OS. The minimum Gasteiger partial charge on any atom is -0.354 e. The van der Waals surface area contributed by atoms with Gasteiger partial charge in [0.2, 0.25) is 5.91 Å². The molecule has 0 aliphatic carbocycles. The van der Waals surface area contributed by atoms with Gasteiger partial charge in [0.25, 0.3) is 0 Å². The van der Waals surface area contributed by atoms with Gasteiger partial charge in [-0.3, -0.25) is 9.69 Å². The Balaban J connectivity index is 2.00. The molecule has 106 valence electrons. The predicted molar refractivity (Wildman–Crippen MR) is 80.3 cm³/mol. The van der Waals surface area contributed by atoms with E-state index in [0.717, 1.165) is 19.6 Å². The van der Waals surface area contributed by atoms with Crippen LogP contribution in [0.25, 0.3) is 0 Å². The van der Waals surface area contributed by atoms with Gasteiger partial charge in [-0.2, -0.15) is 0 Å². The average molecular weight is 280 g/mol. The third kappa shape index (κ3) is 4.05. The number of hydrogen-bond acceptors (Lipinski definition) is 3. The number of thiophene rings is 1. The van der Waals surface area contributed by atoms with Crippen molar-refractivity contribution in [3.05, 3.63) is 22.4 Å². The summed E-state index contributed by atoms with van der Waals surface area (Å²) >= 11 is 1.79. The maximum Gasteiger partial charge on any atom is 0.222 e. The Kier molecular flexibility index (Phi) is 5.40. The number of piperidine rings is 1. The third-order valence-electron chi connectivity index (χ3n) is 3.70. The van der Waals surface area contributed by atoms with E-state index in [1.165, 1.54) is 24.1 Å². The van der Waals surface area contributed by atoms with Crippen LogP contribution >= 0.6 is 11.3 Å². The molecule has 1 N–H and O–H groups in total. The molecule has 1 fully saturated rings. The highest BCUT2D eigenvalue weighted by atomic mass is 32.1. The molecule has 1 amide bonds. The van der Waals surface area contributed by atoms with Gasteiger partial charge in [-0.1, -0.05) is 26.3 Å². The molecular weight excluding hydrogens is 256 g/mol. The lowest BCUT2D eigenvalue weighted by Gasteiger charge is -2.34. The van der Waals surface area contributed by atoms with Crippen molar-refractivity contribution in [1.29, 1.82) is 0 Å². The van der Waals surface area contributed by atoms with E-state index in [2.05, 4.69) is 27.7 Å². The number of nitrogens with zero attached hydrogens (tertiary/aromatic N) is 1. The van der Waals surface area contributed by atoms with Crippen LogP contribution in [0, 0.1) is 5.92 Å². The first-order valence-corrected chi connectivity index (χ1v) is 8.11. The number of carbonyl (C=O) groups is 1. The normalized spacial score (nSPS) is 18.5. The average Bonchev–Trinajstić information content (AvgIpc) is 2.94. The van der Waals surface area contributed by atoms with Gasteiger partial charge in [0.1, 0.15) is 0 Å². The third-order valence-corrected chi connectivity index (χ3v) is 4.67. The second-order valence-electron chi connectivity index (χ2n) is 5.53. The zero-order chi connectivity index (χ0) is 13.7. The fourth-order valence-electron chi connectivity index (χ4n) is 2.52. The molecule has 1 aromatic heterocycles. The van der Waals surface area contributed by atoms with Crippen LogP contribution in [0.4, 0.5) is 0 Å². The van der Waals surface area contributed by atoms with Crippen LogP contribution < -0.4 is 5.32 Å². The van der Waals surface area contributed by atoms with Gasteiger partial charge in [-0.05, 0) is 37.4 Å². The van der Waals surface area contributed by atoms with E-state index in [1.807, 2.05) is 13.8 Å². The van der Waals surface area contributed by atoms with Crippen molar-refractivity contribution in [3.63, 3.8) is 0 Å². The molecule has 1 aliphatic heterocycles. The van der Waals surface area contributed by atoms with E-state index in [4.69, 9.17) is 0 Å². The smallest absolute Gasteiger partial charge is 0.222 e. The molecule has 0 aromatic carbocycles. The summed E-state index contributed by atoms with van der Waals surface area (Å²) in [6.07, 6.45) is 3.89. The lowest BCUT2D eigenvalue weighted by molar-refractivity contribution is -0.124. The van der Waals surface area contributed by atoms with Crippen LogP contribution in [0.15, 0.2) is 17.5 Å². The zero-order valence-corrected chi connectivity index (χ0v) is 12.7. The Morgan fingerprint density at radius 2 is 2.11 bits per heavy atom. The van der Waals surface area contributed by atoms with Crippen molar-refractivity contribution in [2.24, 2.45) is 5.92 Å². The Morgan fingerprint density at radius 3 is 2.68 bits per heavy atom. The van der Waals surface area contributed by atoms with Gasteiger partial charge in [0, 0.05) is 17.3 Å². The molecule has 0 saturated carbocycles. The number of likely N-dealkylation sites (tertiary alicyclic amines) is 1. The van der Waals surface area contributed by atoms with Crippen LogP contribution in [0.1, 0.15) is 44.0 Å². The highest BCUT2D eigenvalue weighted by molar-refractivity contribution is 7.10. The molecule has 19 heavy (non-hydrogen) atoms. The van der Waals surface area contributed by atoms with Gasteiger partial charge in [0.05, 0.1) is 6.04 Å². The van der Waals surface area contributed by atoms with Gasteiger partial charge in [-0.25, -0.2) is 0 Å². The Morgan fingerprint density at radius 1 is 1.37 bits per heavy atom. The van der Waals surface area contributed by atoms with Gasteiger partial charge >= 0.3 is 0 Å². The van der Waals surface area contributed by atoms with Crippen molar-refractivity contribution >= 4 is 17.2 Å². The molecule has 0 radical (unpaired) electrons. The van der Waals surface area contributed by atoms with E-state index < -0.39 is 0 Å². The van der Waals surface area contributed by atoms with E-state index in [1.54, 1.807) is 11.3 Å². The minimum atomic E-state index is 0.0605. The van der Waals surface area contributed by atoms with E-state index >= 15 is 0 Å². The fraction of sp³-hybridized carbons (Fsp3) is 0.667. The standard InChI is InChI=1S/C15H24N2OS/c1-12(2)15(18)16-11-13(14-7-6-10-19-14)17-8-4-3-5-9-17/h6-7,10,12-13H,3-5,8-9,11H2,1-2H3,(H,16,18)/t13-/m0/s1. The molecule has 1 atom stereocenters. The second kappa shape index (κ2) is 7.06. The molecule has 2 rings (SSSR count). The maximum absolute atomic E-state index is 11.8. The van der Waals surface area contributed by atoms with Crippen molar-refractivity contribution < 1.29 is 4.79 Å². The Bertz CT molecular complexity index is 383. The van der Waals surface area contributed by atoms with Crippen LogP contribution in [-0.4, -0.2) is 30.4 Å². The Hall–Kier alpha value is -0.870. The summed E-state index contributed by atoms with van der Waals surface area (Å²) in [5.41, 5.74) is 0. The van der Waals surface area contributed by atoms with Crippen molar-refractivity contribution in [1.82, 2.24) is 10.2 Å². The SMILES string of the molecule is CC(C)C(=O)NC[C@@H](c1cccs1)N1CCCCC1. The lowest BCUT2D eigenvalue weighted by atomic mass is 10.1. The number of hydrogen-bond donors (Lipinski definition) is 1. The highest BCUT2D eigenvalue weighted by Crippen LogP contribution is 2.27. The quantitative estimate of drug-likeness (QED) is 0.899. The van der Waals surface area contributed by atoms with Gasteiger partial charge in [0.15, 0.2) is 0 Å². The highest BCUT2D eigenvalue weighted by Gasteiger charge is 2.23. The largest absolute Gasteiger partial charge is 0.354 e. The van der Waals surface area contributed by atoms with Crippen molar-refractivity contribution in [3.8, 4) is 0 Å². The summed E-state index contributed by atoms with van der Waals surface area (Å²) < 4.78 is 0. The van der Waals surface area contributed by atoms with Crippen LogP contribution in [0.3, 0.4) is 0 Å². The molecule has 2 heterocycles. The molecule has 1 saturated heterocycles. The number of rotatable bonds is 5. The first-order valence-electron chi connectivity index (χ1n) is 7.23. The van der Waals surface area contributed by atoms with Crippen LogP contribution in [-0.2, 0) is 4.79 Å². The molecule has 3 nitrogen and oxygen atoms in total. The van der Waals surface area contributed by atoms with Crippen molar-refractivity contribution in [2.75, 3.05) is 19.6 Å². The summed E-state index contributed by atoms with van der Waals surface area (Å²) in [6, 6.07) is 4.63. The number of nitrogens with one attached hydrogen (secondary N) is 1. The lowest BCUT2D eigenvalue weighted by Crippen LogP contribution is -2.41. The predicted octanol–water partition coefficient (Wildman–Crippen LogP) is 3.05. The summed E-state index contributed by atoms with van der Waals surface area (Å²) in [7, 11) is 0. The second-order valence-corrected chi connectivity index (χ2v) is 6.51. The zero-order valence-electron chi connectivity index (χ0n) is 11.9. The fourth-order valence-corrected chi connectivity index (χ4v) is 3.38. The number of carbonyl (C=O) groups excluding carboxylic acids is 1. The minimum absolute atomic E-state index is 0.0605. The summed E-state index contributed by atoms with van der Waals surface area (Å²) in [5, 5.41) is 5.22. The molecule has 0 spiro atoms.